The molecule has 2 aliphatic heterocycles. The van der Waals surface area contributed by atoms with Crippen LogP contribution < -0.4 is 9.64 Å². The predicted octanol–water partition coefficient (Wildman–Crippen LogP) is 4.85. The lowest BCUT2D eigenvalue weighted by Gasteiger charge is -2.39. The van der Waals surface area contributed by atoms with Gasteiger partial charge in [0.15, 0.2) is 5.82 Å². The van der Waals surface area contributed by atoms with Gasteiger partial charge >= 0.3 is 6.01 Å². The van der Waals surface area contributed by atoms with Crippen molar-refractivity contribution in [2.75, 3.05) is 65.0 Å². The number of halogens is 2. The summed E-state index contributed by atoms with van der Waals surface area (Å²) in [5.74, 6) is -0.415. The van der Waals surface area contributed by atoms with Gasteiger partial charge in [-0.15, -0.1) is 0 Å². The molecule has 2 aromatic heterocycles. The molecule has 47 heavy (non-hydrogen) atoms. The third-order valence-electron chi connectivity index (χ3n) is 8.94. The summed E-state index contributed by atoms with van der Waals surface area (Å²) in [5, 5.41) is 2.26. The van der Waals surface area contributed by atoms with Crippen LogP contribution in [0, 0.1) is 19.3 Å². The molecule has 1 amide bonds. The average molecular weight is 642 g/mol. The van der Waals surface area contributed by atoms with Gasteiger partial charge in [-0.05, 0) is 36.7 Å². The fraction of sp³-hybridized carbons (Fsp3) is 0.400. The Morgan fingerprint density at radius 1 is 1.15 bits per heavy atom. The molecule has 2 aromatic carbocycles. The van der Waals surface area contributed by atoms with Gasteiger partial charge in [-0.2, -0.15) is 9.97 Å². The van der Waals surface area contributed by atoms with E-state index in [0.29, 0.717) is 56.0 Å². The number of rotatable bonds is 9. The Kier molecular flexibility index (Phi) is 9.56. The number of aromatic nitrogens is 3. The fourth-order valence-electron chi connectivity index (χ4n) is 6.56. The minimum Gasteiger partial charge on any atom is -0.462 e. The van der Waals surface area contributed by atoms with E-state index < -0.39 is 18.0 Å². The van der Waals surface area contributed by atoms with Crippen LogP contribution in [0.2, 0.25) is 0 Å². The van der Waals surface area contributed by atoms with E-state index in [2.05, 4.69) is 14.8 Å². The summed E-state index contributed by atoms with van der Waals surface area (Å²) in [6.07, 6.45) is 4.06. The van der Waals surface area contributed by atoms with Crippen LogP contribution in [0.1, 0.15) is 12.0 Å². The number of methoxy groups -OCH3 is 1. The Bertz CT molecular complexity index is 1860. The van der Waals surface area contributed by atoms with Gasteiger partial charge in [0.05, 0.1) is 12.0 Å². The number of amides is 1. The summed E-state index contributed by atoms with van der Waals surface area (Å²) in [4.78, 5) is 36.0. The van der Waals surface area contributed by atoms with Gasteiger partial charge in [0.25, 0.3) is 0 Å². The number of pyridine rings is 1. The lowest BCUT2D eigenvalue weighted by atomic mass is 9.97. The molecule has 0 bridgehead atoms. The van der Waals surface area contributed by atoms with Gasteiger partial charge in [0, 0.05) is 57.2 Å². The van der Waals surface area contributed by atoms with E-state index in [-0.39, 0.29) is 42.3 Å². The van der Waals surface area contributed by atoms with E-state index in [4.69, 9.17) is 21.0 Å². The third-order valence-corrected chi connectivity index (χ3v) is 8.94. The highest BCUT2D eigenvalue weighted by Gasteiger charge is 2.34. The molecule has 0 spiro atoms. The lowest BCUT2D eigenvalue weighted by Crippen LogP contribution is -2.56. The van der Waals surface area contributed by atoms with Crippen molar-refractivity contribution in [2.24, 2.45) is 0 Å². The molecule has 4 aromatic rings. The molecule has 12 heteroatoms. The first-order valence-corrected chi connectivity index (χ1v) is 15.6. The van der Waals surface area contributed by atoms with Gasteiger partial charge < -0.3 is 24.1 Å². The minimum atomic E-state index is -0.945. The Morgan fingerprint density at radius 3 is 2.70 bits per heavy atom. The molecule has 0 saturated carbocycles. The number of fused-ring (bicyclic) bond motifs is 2. The smallest absolute Gasteiger partial charge is 0.319 e. The molecule has 0 unspecified atom stereocenters. The minimum absolute atomic E-state index is 0.0314. The summed E-state index contributed by atoms with van der Waals surface area (Å²) in [6.45, 7) is 11.4. The van der Waals surface area contributed by atoms with E-state index in [1.165, 1.54) is 6.08 Å². The Morgan fingerprint density at radius 2 is 1.96 bits per heavy atom. The van der Waals surface area contributed by atoms with Crippen LogP contribution in [0.15, 0.2) is 54.7 Å². The number of alkyl halides is 1. The van der Waals surface area contributed by atoms with Gasteiger partial charge in [-0.1, -0.05) is 42.5 Å². The molecule has 2 saturated heterocycles. The molecule has 0 aliphatic carbocycles. The van der Waals surface area contributed by atoms with Crippen LogP contribution in [0.25, 0.3) is 37.8 Å². The summed E-state index contributed by atoms with van der Waals surface area (Å²) in [6, 6.07) is 11.0. The first kappa shape index (κ1) is 32.2. The van der Waals surface area contributed by atoms with Crippen LogP contribution >= 0.6 is 0 Å². The van der Waals surface area contributed by atoms with E-state index in [1.54, 1.807) is 24.3 Å². The largest absolute Gasteiger partial charge is 0.462 e. The average Bonchev–Trinajstić information content (AvgIpc) is 3.40. The number of benzene rings is 2. The van der Waals surface area contributed by atoms with Crippen molar-refractivity contribution in [2.45, 2.75) is 31.6 Å². The molecule has 3 atom stereocenters. The van der Waals surface area contributed by atoms with Crippen LogP contribution in [-0.2, 0) is 9.53 Å². The van der Waals surface area contributed by atoms with Crippen molar-refractivity contribution in [1.29, 1.82) is 0 Å². The summed E-state index contributed by atoms with van der Waals surface area (Å²) < 4.78 is 41.9. The van der Waals surface area contributed by atoms with Gasteiger partial charge in [0.1, 0.15) is 35.8 Å². The van der Waals surface area contributed by atoms with Crippen molar-refractivity contribution >= 4 is 33.4 Å². The zero-order chi connectivity index (χ0) is 33.1. The van der Waals surface area contributed by atoms with E-state index in [9.17, 15) is 9.18 Å². The van der Waals surface area contributed by atoms with Crippen molar-refractivity contribution in [3.05, 3.63) is 77.5 Å². The zero-order valence-electron chi connectivity index (χ0n) is 26.7. The van der Waals surface area contributed by atoms with Crippen molar-refractivity contribution in [3.63, 3.8) is 0 Å². The number of hydrogen-bond donors (Lipinski definition) is 0. The number of likely N-dealkylation sites (N-methyl/N-ethyl adjacent to an activating group) is 1. The first-order chi connectivity index (χ1) is 22.8. The summed E-state index contributed by atoms with van der Waals surface area (Å²) >= 11 is 0. The molecule has 0 N–H and O–H groups in total. The second-order valence-electron chi connectivity index (χ2n) is 12.1. The molecule has 2 aliphatic rings. The molecule has 10 nitrogen and oxygen atoms in total. The second kappa shape index (κ2) is 13.9. The summed E-state index contributed by atoms with van der Waals surface area (Å²) in [5.41, 5.74) is 1.85. The number of carbonyl (C=O) groups excluding carboxylic acids is 1. The number of piperazine rings is 1. The monoisotopic (exact) mass is 641 g/mol. The number of anilines is 1. The van der Waals surface area contributed by atoms with Gasteiger partial charge in [0.2, 0.25) is 12.5 Å². The van der Waals surface area contributed by atoms with Gasteiger partial charge in [-0.25, -0.2) is 15.4 Å². The normalized spacial score (nSPS) is 20.4. The third kappa shape index (κ3) is 6.59. The second-order valence-corrected chi connectivity index (χ2v) is 12.1. The lowest BCUT2D eigenvalue weighted by molar-refractivity contribution is -0.128. The number of nitrogens with zero attached hydrogens (tertiary/aromatic N) is 7. The van der Waals surface area contributed by atoms with E-state index >= 15 is 4.39 Å². The molecule has 2 fully saturated rings. The van der Waals surface area contributed by atoms with E-state index in [0.717, 1.165) is 16.3 Å². The number of likely N-dealkylation sites (tertiary alicyclic amines) is 1. The van der Waals surface area contributed by atoms with Crippen molar-refractivity contribution in [1.82, 2.24) is 24.8 Å². The van der Waals surface area contributed by atoms with Crippen molar-refractivity contribution < 1.29 is 23.0 Å². The molecule has 244 valence electrons. The predicted molar refractivity (Wildman–Crippen MR) is 177 cm³/mol. The number of aryl methyl sites for hydroxylation is 1. The molecular formula is C35H37F2N7O3. The SMILES string of the molecule is [C-]#[N+]C[C@H]1CN(c2nc(OC[C@@H]3C[C@@H](F)CN3C)nc3c(F)c(-c4cccc5cccc(C)c45)ncc23)CCN1C(=O)/C=C/COC. The maximum atomic E-state index is 16.7. The van der Waals surface area contributed by atoms with Crippen LogP contribution in [0.3, 0.4) is 0 Å². The zero-order valence-corrected chi connectivity index (χ0v) is 26.7. The fourth-order valence-corrected chi connectivity index (χ4v) is 6.56. The highest BCUT2D eigenvalue weighted by Crippen LogP contribution is 2.36. The molecule has 6 rings (SSSR count). The maximum absolute atomic E-state index is 16.7. The van der Waals surface area contributed by atoms with Crippen LogP contribution in [-0.4, -0.2) is 109 Å². The number of hydrogen-bond acceptors (Lipinski definition) is 8. The standard InChI is InChI=1S/C35H37F2N7O3/c1-22-8-5-9-23-10-6-11-27(30(22)23)32-31(37)33-28(18-39-32)34(41-35(40-33)47-21-25-16-24(36)19-42(25)3)43-13-14-44(26(20-43)17-38-2)29(45)12-7-15-46-4/h5-12,18,24-26H,13-17,19-21H2,1,3-4H3/b12-7+/t24-,25+,26+/m1/s1. The van der Waals surface area contributed by atoms with Gasteiger partial charge in [-0.3, -0.25) is 14.7 Å². The topological polar surface area (TPSA) is 88.3 Å². The van der Waals surface area contributed by atoms with E-state index in [1.807, 2.05) is 60.2 Å². The number of carbonyl (C=O) groups is 1. The highest BCUT2D eigenvalue weighted by atomic mass is 19.1. The Labute approximate surface area is 272 Å². The van der Waals surface area contributed by atoms with Crippen molar-refractivity contribution in [3.8, 4) is 17.3 Å². The molecule has 0 radical (unpaired) electrons. The first-order valence-electron chi connectivity index (χ1n) is 15.6. The molecular weight excluding hydrogens is 604 g/mol. The summed E-state index contributed by atoms with van der Waals surface area (Å²) in [7, 11) is 3.39. The molecule has 4 heterocycles. The number of ether oxygens (including phenoxy) is 2. The van der Waals surface area contributed by atoms with Crippen LogP contribution in [0.4, 0.5) is 14.6 Å². The Hall–Kier alpha value is -4.73. The highest BCUT2D eigenvalue weighted by molar-refractivity contribution is 6.00. The Balaban J connectivity index is 1.41. The quantitative estimate of drug-likeness (QED) is 0.189. The maximum Gasteiger partial charge on any atom is 0.319 e. The van der Waals surface area contributed by atoms with Crippen LogP contribution in [0.5, 0.6) is 6.01 Å².